The highest BCUT2D eigenvalue weighted by atomic mass is 16.6. The number of rotatable bonds is 3. The molecule has 1 saturated heterocycles. The maximum atomic E-state index is 11.9. The fraction of sp³-hybridized carbons (Fsp3) is 0.867. The van der Waals surface area contributed by atoms with Crippen molar-refractivity contribution in [2.45, 2.75) is 60.0 Å². The van der Waals surface area contributed by atoms with Gasteiger partial charge in [0.2, 0.25) is 5.91 Å². The molecule has 0 saturated carbocycles. The fourth-order valence-corrected chi connectivity index (χ4v) is 2.19. The maximum Gasteiger partial charge on any atom is 0.308 e. The third-order valence-corrected chi connectivity index (χ3v) is 3.45. The van der Waals surface area contributed by atoms with Crippen LogP contribution in [0, 0.1) is 11.3 Å². The molecule has 0 radical (unpaired) electrons. The molecule has 0 bridgehead atoms. The fourth-order valence-electron chi connectivity index (χ4n) is 2.19. The molecule has 19 heavy (non-hydrogen) atoms. The molecule has 1 fully saturated rings. The van der Waals surface area contributed by atoms with Crippen LogP contribution in [0.15, 0.2) is 0 Å². The van der Waals surface area contributed by atoms with E-state index in [0.29, 0.717) is 18.9 Å². The van der Waals surface area contributed by atoms with Crippen LogP contribution in [-0.4, -0.2) is 35.5 Å². The SMILES string of the molecule is CC(C)(C)OC(=O)CCN1CC(C(C)(C)C)CC1=O. The van der Waals surface area contributed by atoms with E-state index in [2.05, 4.69) is 20.8 Å². The van der Waals surface area contributed by atoms with Crippen molar-refractivity contribution in [2.24, 2.45) is 11.3 Å². The highest BCUT2D eigenvalue weighted by molar-refractivity contribution is 5.79. The maximum absolute atomic E-state index is 11.9. The lowest BCUT2D eigenvalue weighted by molar-refractivity contribution is -0.155. The second-order valence-electron chi connectivity index (χ2n) is 7.44. The Labute approximate surface area is 116 Å². The quantitative estimate of drug-likeness (QED) is 0.740. The highest BCUT2D eigenvalue weighted by Crippen LogP contribution is 2.34. The summed E-state index contributed by atoms with van der Waals surface area (Å²) in [5.41, 5.74) is -0.323. The van der Waals surface area contributed by atoms with Crippen LogP contribution < -0.4 is 0 Å². The predicted molar refractivity (Wildman–Crippen MR) is 74.6 cm³/mol. The molecule has 0 N–H and O–H groups in total. The molecule has 0 aliphatic carbocycles. The number of likely N-dealkylation sites (tertiary alicyclic amines) is 1. The Morgan fingerprint density at radius 3 is 2.26 bits per heavy atom. The normalized spacial score (nSPS) is 20.8. The van der Waals surface area contributed by atoms with E-state index < -0.39 is 5.60 Å². The van der Waals surface area contributed by atoms with Gasteiger partial charge in [-0.3, -0.25) is 9.59 Å². The van der Waals surface area contributed by atoms with Crippen molar-refractivity contribution in [1.82, 2.24) is 4.90 Å². The van der Waals surface area contributed by atoms with Crippen LogP contribution in [0.1, 0.15) is 54.4 Å². The molecule has 1 amide bonds. The molecule has 1 unspecified atom stereocenters. The van der Waals surface area contributed by atoms with Crippen LogP contribution in [0.25, 0.3) is 0 Å². The van der Waals surface area contributed by atoms with E-state index in [9.17, 15) is 9.59 Å². The predicted octanol–water partition coefficient (Wildman–Crippen LogP) is 2.61. The monoisotopic (exact) mass is 269 g/mol. The van der Waals surface area contributed by atoms with Crippen LogP contribution in [0.3, 0.4) is 0 Å². The summed E-state index contributed by atoms with van der Waals surface area (Å²) in [4.78, 5) is 25.3. The van der Waals surface area contributed by atoms with Crippen LogP contribution >= 0.6 is 0 Å². The zero-order chi connectivity index (χ0) is 14.8. The number of carbonyl (C=O) groups is 2. The van der Waals surface area contributed by atoms with Crippen LogP contribution in [0.4, 0.5) is 0 Å². The number of nitrogens with zero attached hydrogens (tertiary/aromatic N) is 1. The van der Waals surface area contributed by atoms with E-state index in [1.807, 2.05) is 20.8 Å². The molecule has 1 aliphatic heterocycles. The third-order valence-electron chi connectivity index (χ3n) is 3.45. The van der Waals surface area contributed by atoms with Gasteiger partial charge in [0.1, 0.15) is 5.60 Å². The van der Waals surface area contributed by atoms with E-state index in [-0.39, 0.29) is 23.7 Å². The molecular weight excluding hydrogens is 242 g/mol. The molecule has 0 aromatic rings. The summed E-state index contributed by atoms with van der Waals surface area (Å²) in [5.74, 6) is 0.293. The van der Waals surface area contributed by atoms with Gasteiger partial charge in [-0.25, -0.2) is 0 Å². The van der Waals surface area contributed by atoms with Gasteiger partial charge in [0.15, 0.2) is 0 Å². The number of amides is 1. The van der Waals surface area contributed by atoms with Gasteiger partial charge in [0.25, 0.3) is 0 Å². The summed E-state index contributed by atoms with van der Waals surface area (Å²) >= 11 is 0. The summed E-state index contributed by atoms with van der Waals surface area (Å²) in [5, 5.41) is 0. The van der Waals surface area contributed by atoms with Gasteiger partial charge in [0, 0.05) is 19.5 Å². The van der Waals surface area contributed by atoms with E-state index in [1.165, 1.54) is 0 Å². The van der Waals surface area contributed by atoms with Gasteiger partial charge < -0.3 is 9.64 Å². The highest BCUT2D eigenvalue weighted by Gasteiger charge is 2.36. The number of ether oxygens (including phenoxy) is 1. The first-order chi connectivity index (χ1) is 8.49. The Hall–Kier alpha value is -1.06. The first-order valence-electron chi connectivity index (χ1n) is 6.98. The molecule has 1 rings (SSSR count). The van der Waals surface area contributed by atoms with Gasteiger partial charge in [-0.2, -0.15) is 0 Å². The zero-order valence-electron chi connectivity index (χ0n) is 13.1. The molecule has 1 heterocycles. The summed E-state index contributed by atoms with van der Waals surface area (Å²) in [6, 6.07) is 0. The summed E-state index contributed by atoms with van der Waals surface area (Å²) in [7, 11) is 0. The second-order valence-corrected chi connectivity index (χ2v) is 7.44. The first-order valence-corrected chi connectivity index (χ1v) is 6.98. The standard InChI is InChI=1S/C15H27NO3/c1-14(2,3)11-9-12(17)16(10-11)8-7-13(18)19-15(4,5)6/h11H,7-10H2,1-6H3. The summed E-state index contributed by atoms with van der Waals surface area (Å²) in [6.07, 6.45) is 0.873. The minimum Gasteiger partial charge on any atom is -0.460 e. The van der Waals surface area contributed by atoms with Crippen molar-refractivity contribution in [3.63, 3.8) is 0 Å². The van der Waals surface area contributed by atoms with E-state index in [1.54, 1.807) is 4.90 Å². The van der Waals surface area contributed by atoms with Crippen molar-refractivity contribution in [3.05, 3.63) is 0 Å². The average Bonchev–Trinajstić information content (AvgIpc) is 2.53. The smallest absolute Gasteiger partial charge is 0.308 e. The molecule has 110 valence electrons. The largest absolute Gasteiger partial charge is 0.460 e. The minimum absolute atomic E-state index is 0.135. The Bertz CT molecular complexity index is 349. The number of hydrogen-bond acceptors (Lipinski definition) is 3. The van der Waals surface area contributed by atoms with Crippen LogP contribution in [0.5, 0.6) is 0 Å². The zero-order valence-corrected chi connectivity index (χ0v) is 13.1. The van der Waals surface area contributed by atoms with Crippen molar-refractivity contribution in [3.8, 4) is 0 Å². The van der Waals surface area contributed by atoms with Gasteiger partial charge >= 0.3 is 5.97 Å². The lowest BCUT2D eigenvalue weighted by atomic mass is 9.80. The Kier molecular flexibility index (Phi) is 4.64. The van der Waals surface area contributed by atoms with Crippen LogP contribution in [-0.2, 0) is 14.3 Å². The Morgan fingerprint density at radius 1 is 1.26 bits per heavy atom. The Balaban J connectivity index is 2.43. The van der Waals surface area contributed by atoms with Gasteiger partial charge in [0.05, 0.1) is 6.42 Å². The lowest BCUT2D eigenvalue weighted by Gasteiger charge is -2.26. The van der Waals surface area contributed by atoms with Gasteiger partial charge in [-0.15, -0.1) is 0 Å². The molecule has 0 spiro atoms. The molecule has 1 atom stereocenters. The molecular formula is C15H27NO3. The second kappa shape index (κ2) is 5.51. The van der Waals surface area contributed by atoms with Crippen molar-refractivity contribution < 1.29 is 14.3 Å². The summed E-state index contributed by atoms with van der Waals surface area (Å²) in [6.45, 7) is 13.2. The molecule has 4 nitrogen and oxygen atoms in total. The molecule has 0 aromatic carbocycles. The molecule has 1 aliphatic rings. The number of esters is 1. The number of carbonyl (C=O) groups excluding carboxylic acids is 2. The third kappa shape index (κ3) is 5.21. The van der Waals surface area contributed by atoms with Crippen molar-refractivity contribution >= 4 is 11.9 Å². The molecule has 0 aromatic heterocycles. The van der Waals surface area contributed by atoms with Gasteiger partial charge in [-0.05, 0) is 32.1 Å². The Morgan fingerprint density at radius 2 is 1.84 bits per heavy atom. The van der Waals surface area contributed by atoms with Crippen molar-refractivity contribution in [2.75, 3.05) is 13.1 Å². The van der Waals surface area contributed by atoms with Gasteiger partial charge in [-0.1, -0.05) is 20.8 Å². The minimum atomic E-state index is -0.458. The lowest BCUT2D eigenvalue weighted by Crippen LogP contribution is -2.31. The van der Waals surface area contributed by atoms with Crippen molar-refractivity contribution in [1.29, 1.82) is 0 Å². The van der Waals surface area contributed by atoms with E-state index in [4.69, 9.17) is 4.74 Å². The number of hydrogen-bond donors (Lipinski definition) is 0. The van der Waals surface area contributed by atoms with Crippen LogP contribution in [0.2, 0.25) is 0 Å². The van der Waals surface area contributed by atoms with E-state index in [0.717, 1.165) is 6.54 Å². The van der Waals surface area contributed by atoms with E-state index >= 15 is 0 Å². The average molecular weight is 269 g/mol. The molecule has 4 heteroatoms. The summed E-state index contributed by atoms with van der Waals surface area (Å²) < 4.78 is 5.25. The first kappa shape index (κ1) is 16.0. The topological polar surface area (TPSA) is 46.6 Å².